The molecule has 2 aromatic carbocycles. The van der Waals surface area contributed by atoms with Gasteiger partial charge in [-0.1, -0.05) is 75.6 Å². The average Bonchev–Trinajstić information content (AvgIpc) is 2.86. The second-order valence-corrected chi connectivity index (χ2v) is 9.84. The maximum atomic E-state index is 5.79. The molecule has 0 amide bonds. The van der Waals surface area contributed by atoms with E-state index in [0.29, 0.717) is 0 Å². The molecule has 0 bridgehead atoms. The lowest BCUT2D eigenvalue weighted by atomic mass is 9.77. The van der Waals surface area contributed by atoms with Crippen LogP contribution in [-0.4, -0.2) is 6.61 Å². The Hall–Kier alpha value is -2.20. The van der Waals surface area contributed by atoms with Crippen LogP contribution in [0.15, 0.2) is 48.5 Å². The molecule has 0 aromatic heterocycles. The minimum absolute atomic E-state index is 0.764. The van der Waals surface area contributed by atoms with E-state index < -0.39 is 0 Å². The van der Waals surface area contributed by atoms with Gasteiger partial charge in [0, 0.05) is 12.0 Å². The summed E-state index contributed by atoms with van der Waals surface area (Å²) in [5.74, 6) is 9.32. The number of hydrogen-bond donors (Lipinski definition) is 0. The number of ether oxygens (including phenoxy) is 1. The number of rotatable bonds is 12. The smallest absolute Gasteiger partial charge is 0.119 e. The van der Waals surface area contributed by atoms with Crippen LogP contribution in [0.1, 0.15) is 114 Å². The molecule has 2 aromatic rings. The zero-order chi connectivity index (χ0) is 23.1. The molecule has 0 radical (unpaired) electrons. The predicted molar refractivity (Wildman–Crippen MR) is 142 cm³/mol. The first-order valence-corrected chi connectivity index (χ1v) is 13.6. The van der Waals surface area contributed by atoms with E-state index in [0.717, 1.165) is 42.6 Å². The highest BCUT2D eigenvalue weighted by Crippen LogP contribution is 2.37. The van der Waals surface area contributed by atoms with Gasteiger partial charge in [-0.15, -0.1) is 0 Å². The zero-order valence-electron chi connectivity index (χ0n) is 21.1. The van der Waals surface area contributed by atoms with Gasteiger partial charge in [-0.05, 0) is 98.6 Å². The van der Waals surface area contributed by atoms with Crippen LogP contribution in [0.4, 0.5) is 0 Å². The van der Waals surface area contributed by atoms with E-state index in [2.05, 4.69) is 74.2 Å². The lowest BCUT2D eigenvalue weighted by molar-refractivity contribution is 0.306. The fourth-order valence-corrected chi connectivity index (χ4v) is 4.94. The third kappa shape index (κ3) is 9.29. The van der Waals surface area contributed by atoms with Crippen LogP contribution in [0.25, 0.3) is 0 Å². The van der Waals surface area contributed by atoms with Crippen molar-refractivity contribution in [3.8, 4) is 17.6 Å². The molecule has 33 heavy (non-hydrogen) atoms. The minimum Gasteiger partial charge on any atom is -0.494 e. The summed E-state index contributed by atoms with van der Waals surface area (Å²) in [7, 11) is 0. The summed E-state index contributed by atoms with van der Waals surface area (Å²) in [6, 6.07) is 17.8. The van der Waals surface area contributed by atoms with Gasteiger partial charge < -0.3 is 4.74 Å². The number of hydrogen-bond acceptors (Lipinski definition) is 1. The molecule has 1 heteroatoms. The summed E-state index contributed by atoms with van der Waals surface area (Å²) >= 11 is 0. The topological polar surface area (TPSA) is 9.23 Å². The summed E-state index contributed by atoms with van der Waals surface area (Å²) in [6.45, 7) is 5.30. The van der Waals surface area contributed by atoms with Crippen molar-refractivity contribution in [3.63, 3.8) is 0 Å². The SMILES string of the molecule is CCCCCOc1ccc(C#CCCC2CCC(c3ccc(CCCCC)cc3)CC2)cc1. The maximum absolute atomic E-state index is 5.79. The van der Waals surface area contributed by atoms with Crippen molar-refractivity contribution in [1.82, 2.24) is 0 Å². The van der Waals surface area contributed by atoms with Crippen LogP contribution < -0.4 is 4.74 Å². The second kappa shape index (κ2) is 14.8. The summed E-state index contributed by atoms with van der Waals surface area (Å²) in [4.78, 5) is 0. The standard InChI is InChI=1S/C32H44O/c1-3-5-7-11-27-14-20-30(21-15-27)31-22-16-28(17-23-31)12-8-9-13-29-18-24-32(25-19-29)33-26-10-6-4-2/h14-15,18-21,24-25,28,31H,3-8,10-12,16-17,22-23,26H2,1-2H3. The first kappa shape index (κ1) is 25.4. The van der Waals surface area contributed by atoms with Crippen LogP contribution >= 0.6 is 0 Å². The molecule has 0 heterocycles. The van der Waals surface area contributed by atoms with E-state index in [1.54, 1.807) is 5.56 Å². The molecule has 1 aliphatic rings. The molecule has 0 unspecified atom stereocenters. The Morgan fingerprint density at radius 2 is 1.48 bits per heavy atom. The second-order valence-electron chi connectivity index (χ2n) is 9.84. The van der Waals surface area contributed by atoms with Crippen LogP contribution in [0, 0.1) is 17.8 Å². The molecule has 1 aliphatic carbocycles. The number of aryl methyl sites for hydroxylation is 1. The molecule has 1 nitrogen and oxygen atoms in total. The predicted octanol–water partition coefficient (Wildman–Crippen LogP) is 9.09. The molecule has 178 valence electrons. The molecular weight excluding hydrogens is 400 g/mol. The molecule has 0 spiro atoms. The van der Waals surface area contributed by atoms with Crippen molar-refractivity contribution in [3.05, 3.63) is 65.2 Å². The average molecular weight is 445 g/mol. The van der Waals surface area contributed by atoms with Crippen LogP contribution in [-0.2, 0) is 6.42 Å². The molecule has 0 aliphatic heterocycles. The van der Waals surface area contributed by atoms with E-state index in [1.807, 2.05) is 0 Å². The van der Waals surface area contributed by atoms with Crippen molar-refractivity contribution in [2.24, 2.45) is 5.92 Å². The highest BCUT2D eigenvalue weighted by atomic mass is 16.5. The Kier molecular flexibility index (Phi) is 11.4. The number of unbranched alkanes of at least 4 members (excludes halogenated alkanes) is 4. The first-order chi connectivity index (χ1) is 16.3. The van der Waals surface area contributed by atoms with Gasteiger partial charge in [0.1, 0.15) is 5.75 Å². The lowest BCUT2D eigenvalue weighted by Crippen LogP contribution is -2.13. The fraction of sp³-hybridized carbons (Fsp3) is 0.562. The summed E-state index contributed by atoms with van der Waals surface area (Å²) in [6.07, 6.45) is 16.4. The Bertz CT molecular complexity index is 829. The van der Waals surface area contributed by atoms with E-state index in [4.69, 9.17) is 4.74 Å². The first-order valence-electron chi connectivity index (χ1n) is 13.6. The van der Waals surface area contributed by atoms with Crippen molar-refractivity contribution in [2.45, 2.75) is 103 Å². The van der Waals surface area contributed by atoms with E-state index >= 15 is 0 Å². The molecule has 0 N–H and O–H groups in total. The van der Waals surface area contributed by atoms with Gasteiger partial charge in [0.15, 0.2) is 0 Å². The minimum atomic E-state index is 0.764. The molecule has 0 atom stereocenters. The quantitative estimate of drug-likeness (QED) is 0.234. The largest absolute Gasteiger partial charge is 0.494 e. The number of benzene rings is 2. The van der Waals surface area contributed by atoms with Crippen LogP contribution in [0.3, 0.4) is 0 Å². The van der Waals surface area contributed by atoms with Gasteiger partial charge in [-0.3, -0.25) is 0 Å². The molecule has 0 saturated heterocycles. The third-order valence-corrected chi connectivity index (χ3v) is 7.15. The molecular formula is C32H44O. The van der Waals surface area contributed by atoms with Gasteiger partial charge in [0.05, 0.1) is 6.61 Å². The molecule has 1 fully saturated rings. The summed E-state index contributed by atoms with van der Waals surface area (Å²) in [5, 5.41) is 0. The zero-order valence-corrected chi connectivity index (χ0v) is 21.1. The lowest BCUT2D eigenvalue weighted by Gasteiger charge is -2.28. The highest BCUT2D eigenvalue weighted by Gasteiger charge is 2.21. The summed E-state index contributed by atoms with van der Waals surface area (Å²) < 4.78 is 5.79. The van der Waals surface area contributed by atoms with Gasteiger partial charge in [-0.25, -0.2) is 0 Å². The van der Waals surface area contributed by atoms with Gasteiger partial charge in [0.2, 0.25) is 0 Å². The Morgan fingerprint density at radius 1 is 0.788 bits per heavy atom. The van der Waals surface area contributed by atoms with Crippen molar-refractivity contribution >= 4 is 0 Å². The van der Waals surface area contributed by atoms with E-state index in [1.165, 1.54) is 76.2 Å². The normalized spacial score (nSPS) is 17.9. The van der Waals surface area contributed by atoms with Crippen molar-refractivity contribution in [2.75, 3.05) is 6.61 Å². The van der Waals surface area contributed by atoms with E-state index in [-0.39, 0.29) is 0 Å². The van der Waals surface area contributed by atoms with Gasteiger partial charge in [-0.2, -0.15) is 0 Å². The third-order valence-electron chi connectivity index (χ3n) is 7.15. The Labute approximate surface area is 203 Å². The monoisotopic (exact) mass is 444 g/mol. The Morgan fingerprint density at radius 3 is 2.18 bits per heavy atom. The van der Waals surface area contributed by atoms with Gasteiger partial charge in [0.25, 0.3) is 0 Å². The van der Waals surface area contributed by atoms with Crippen molar-refractivity contribution in [1.29, 1.82) is 0 Å². The van der Waals surface area contributed by atoms with Crippen LogP contribution in [0.2, 0.25) is 0 Å². The van der Waals surface area contributed by atoms with Crippen molar-refractivity contribution < 1.29 is 4.74 Å². The molecule has 3 rings (SSSR count). The van der Waals surface area contributed by atoms with E-state index in [9.17, 15) is 0 Å². The fourth-order valence-electron chi connectivity index (χ4n) is 4.94. The Balaban J connectivity index is 1.34. The van der Waals surface area contributed by atoms with Crippen LogP contribution in [0.5, 0.6) is 5.75 Å². The maximum Gasteiger partial charge on any atom is 0.119 e. The highest BCUT2D eigenvalue weighted by molar-refractivity contribution is 5.38. The van der Waals surface area contributed by atoms with Gasteiger partial charge >= 0.3 is 0 Å². The summed E-state index contributed by atoms with van der Waals surface area (Å²) in [5.41, 5.74) is 4.16. The molecule has 1 saturated carbocycles.